The van der Waals surface area contributed by atoms with Crippen molar-refractivity contribution in [2.75, 3.05) is 27.2 Å². The molecule has 0 spiro atoms. The third kappa shape index (κ3) is 3.81. The normalized spacial score (nSPS) is 16.4. The summed E-state index contributed by atoms with van der Waals surface area (Å²) in [7, 11) is 3.50. The highest BCUT2D eigenvalue weighted by Crippen LogP contribution is 2.23. The van der Waals surface area contributed by atoms with Gasteiger partial charge in [0.15, 0.2) is 0 Å². The zero-order valence-electron chi connectivity index (χ0n) is 14.6. The number of aromatic nitrogens is 3. The molecule has 134 valence electrons. The van der Waals surface area contributed by atoms with Gasteiger partial charge < -0.3 is 15.1 Å². The quantitative estimate of drug-likeness (QED) is 0.894. The fourth-order valence-electron chi connectivity index (χ4n) is 2.94. The lowest BCUT2D eigenvalue weighted by atomic mass is 10.1. The second-order valence-corrected chi connectivity index (χ2v) is 7.34. The van der Waals surface area contributed by atoms with Gasteiger partial charge in [-0.25, -0.2) is 9.78 Å². The van der Waals surface area contributed by atoms with Crippen molar-refractivity contribution in [1.82, 2.24) is 29.9 Å². The van der Waals surface area contributed by atoms with Crippen LogP contribution in [0.15, 0.2) is 17.6 Å². The van der Waals surface area contributed by atoms with E-state index in [2.05, 4.69) is 15.4 Å². The number of nitrogens with one attached hydrogen (secondary N) is 1. The van der Waals surface area contributed by atoms with Crippen LogP contribution < -0.4 is 5.32 Å². The van der Waals surface area contributed by atoms with E-state index in [0.717, 1.165) is 10.7 Å². The summed E-state index contributed by atoms with van der Waals surface area (Å²) in [4.78, 5) is 32.0. The summed E-state index contributed by atoms with van der Waals surface area (Å²) in [6.45, 7) is 3.51. The van der Waals surface area contributed by atoms with Crippen LogP contribution in [0, 0.1) is 6.92 Å². The minimum Gasteiger partial charge on any atom is -0.351 e. The van der Waals surface area contributed by atoms with Crippen LogP contribution in [-0.4, -0.2) is 63.7 Å². The van der Waals surface area contributed by atoms with E-state index in [-0.39, 0.29) is 18.0 Å². The Balaban J connectivity index is 1.61. The van der Waals surface area contributed by atoms with Gasteiger partial charge in [0, 0.05) is 38.8 Å². The number of aryl methyl sites for hydroxylation is 1. The lowest BCUT2D eigenvalue weighted by Gasteiger charge is -2.35. The van der Waals surface area contributed by atoms with Gasteiger partial charge in [0.1, 0.15) is 5.69 Å². The van der Waals surface area contributed by atoms with Crippen molar-refractivity contribution in [3.8, 4) is 0 Å². The molecule has 0 unspecified atom stereocenters. The van der Waals surface area contributed by atoms with E-state index in [1.54, 1.807) is 30.6 Å². The zero-order valence-corrected chi connectivity index (χ0v) is 15.4. The molecule has 2 aromatic rings. The summed E-state index contributed by atoms with van der Waals surface area (Å²) >= 11 is 1.46. The van der Waals surface area contributed by atoms with Crippen LogP contribution in [0.5, 0.6) is 0 Å². The van der Waals surface area contributed by atoms with Crippen LogP contribution in [0.25, 0.3) is 0 Å². The number of fused-ring (bicyclic) bond motifs is 1. The largest absolute Gasteiger partial charge is 0.351 e. The van der Waals surface area contributed by atoms with Gasteiger partial charge in [-0.05, 0) is 19.4 Å². The molecule has 0 aliphatic carbocycles. The average molecular weight is 362 g/mol. The number of nitrogens with zero attached hydrogens (tertiary/aromatic N) is 5. The first kappa shape index (κ1) is 17.4. The predicted molar refractivity (Wildman–Crippen MR) is 94.6 cm³/mol. The Bertz CT molecular complexity index is 768. The van der Waals surface area contributed by atoms with E-state index in [4.69, 9.17) is 0 Å². The second kappa shape index (κ2) is 7.22. The molecule has 1 aliphatic rings. The molecule has 25 heavy (non-hydrogen) atoms. The highest BCUT2D eigenvalue weighted by Gasteiger charge is 2.29. The number of carbonyl (C=O) groups is 2. The van der Waals surface area contributed by atoms with Gasteiger partial charge in [-0.15, -0.1) is 11.3 Å². The Kier molecular flexibility index (Phi) is 5.03. The fourth-order valence-corrected chi connectivity index (χ4v) is 3.53. The SMILES string of the molecule is Cc1nc(C(=O)NCC[C@H]2CN(C(=O)N(C)C)Cc3ccnn32)cs1. The number of urea groups is 1. The molecule has 0 fully saturated rings. The van der Waals surface area contributed by atoms with E-state index in [1.165, 1.54) is 11.3 Å². The molecule has 0 bridgehead atoms. The maximum atomic E-state index is 12.3. The number of carbonyl (C=O) groups excluding carboxylic acids is 2. The number of hydrogen-bond acceptors (Lipinski definition) is 5. The van der Waals surface area contributed by atoms with Gasteiger partial charge in [0.25, 0.3) is 5.91 Å². The Morgan fingerprint density at radius 2 is 2.24 bits per heavy atom. The number of thiazole rings is 1. The first-order chi connectivity index (χ1) is 12.0. The lowest BCUT2D eigenvalue weighted by Crippen LogP contribution is -2.46. The molecule has 1 N–H and O–H groups in total. The Morgan fingerprint density at radius 1 is 1.44 bits per heavy atom. The Labute approximate surface area is 150 Å². The van der Waals surface area contributed by atoms with Crippen LogP contribution >= 0.6 is 11.3 Å². The molecule has 3 rings (SSSR count). The Morgan fingerprint density at radius 3 is 2.92 bits per heavy atom. The monoisotopic (exact) mass is 362 g/mol. The van der Waals surface area contributed by atoms with Gasteiger partial charge in [0.05, 0.1) is 23.3 Å². The minimum absolute atomic E-state index is 0.0144. The maximum absolute atomic E-state index is 12.3. The summed E-state index contributed by atoms with van der Waals surface area (Å²) in [6, 6.07) is 1.96. The van der Waals surface area contributed by atoms with Gasteiger partial charge in [0.2, 0.25) is 0 Å². The number of hydrogen-bond donors (Lipinski definition) is 1. The van der Waals surface area contributed by atoms with Gasteiger partial charge in [-0.1, -0.05) is 0 Å². The third-order valence-corrected chi connectivity index (χ3v) is 4.92. The van der Waals surface area contributed by atoms with E-state index in [9.17, 15) is 9.59 Å². The van der Waals surface area contributed by atoms with Crippen molar-refractivity contribution in [3.05, 3.63) is 34.0 Å². The highest BCUT2D eigenvalue weighted by molar-refractivity contribution is 7.09. The Hall–Kier alpha value is -2.42. The molecule has 0 saturated carbocycles. The van der Waals surface area contributed by atoms with Crippen LogP contribution in [-0.2, 0) is 6.54 Å². The van der Waals surface area contributed by atoms with Crippen molar-refractivity contribution in [1.29, 1.82) is 0 Å². The standard InChI is InChI=1S/C16H22N6O2S/c1-11-19-14(10-25-11)15(23)17-6-4-12-8-21(16(24)20(2)3)9-13-5-7-18-22(12)13/h5,7,10,12H,4,6,8-9H2,1-3H3,(H,17,23)/t12-/m0/s1. The van der Waals surface area contributed by atoms with Crippen LogP contribution in [0.3, 0.4) is 0 Å². The van der Waals surface area contributed by atoms with Gasteiger partial charge >= 0.3 is 6.03 Å². The van der Waals surface area contributed by atoms with Crippen molar-refractivity contribution < 1.29 is 9.59 Å². The molecule has 8 nitrogen and oxygen atoms in total. The molecule has 0 saturated heterocycles. The fraction of sp³-hybridized carbons (Fsp3) is 0.500. The molecule has 9 heteroatoms. The number of rotatable bonds is 4. The highest BCUT2D eigenvalue weighted by atomic mass is 32.1. The molecule has 1 aliphatic heterocycles. The minimum atomic E-state index is -0.165. The predicted octanol–water partition coefficient (Wildman–Crippen LogP) is 1.51. The van der Waals surface area contributed by atoms with E-state index in [0.29, 0.717) is 31.7 Å². The second-order valence-electron chi connectivity index (χ2n) is 6.27. The summed E-state index contributed by atoms with van der Waals surface area (Å²) in [5.74, 6) is -0.165. The first-order valence-electron chi connectivity index (χ1n) is 8.14. The van der Waals surface area contributed by atoms with Crippen molar-refractivity contribution in [2.24, 2.45) is 0 Å². The first-order valence-corrected chi connectivity index (χ1v) is 9.02. The van der Waals surface area contributed by atoms with E-state index >= 15 is 0 Å². The van der Waals surface area contributed by atoms with Crippen LogP contribution in [0.1, 0.15) is 33.7 Å². The molecule has 3 heterocycles. The summed E-state index contributed by atoms with van der Waals surface area (Å²) < 4.78 is 1.96. The lowest BCUT2D eigenvalue weighted by molar-refractivity contribution is 0.0942. The zero-order chi connectivity index (χ0) is 18.0. The maximum Gasteiger partial charge on any atom is 0.319 e. The van der Waals surface area contributed by atoms with Crippen LogP contribution in [0.4, 0.5) is 4.79 Å². The van der Waals surface area contributed by atoms with E-state index < -0.39 is 0 Å². The van der Waals surface area contributed by atoms with Gasteiger partial charge in [-0.3, -0.25) is 9.48 Å². The number of amides is 3. The van der Waals surface area contributed by atoms with Crippen LogP contribution in [0.2, 0.25) is 0 Å². The van der Waals surface area contributed by atoms with Crippen molar-refractivity contribution in [3.63, 3.8) is 0 Å². The molecule has 2 aromatic heterocycles. The molecule has 3 amide bonds. The summed E-state index contributed by atoms with van der Waals surface area (Å²) in [6.07, 6.45) is 2.45. The molecule has 0 radical (unpaired) electrons. The van der Waals surface area contributed by atoms with E-state index in [1.807, 2.05) is 22.6 Å². The molecular weight excluding hydrogens is 340 g/mol. The van der Waals surface area contributed by atoms with Gasteiger partial charge in [-0.2, -0.15) is 5.10 Å². The molecular formula is C16H22N6O2S. The summed E-state index contributed by atoms with van der Waals surface area (Å²) in [5, 5.41) is 9.91. The molecule has 0 aromatic carbocycles. The van der Waals surface area contributed by atoms with Crippen molar-refractivity contribution >= 4 is 23.3 Å². The third-order valence-electron chi connectivity index (χ3n) is 4.15. The molecule has 1 atom stereocenters. The van der Waals surface area contributed by atoms with Crippen molar-refractivity contribution in [2.45, 2.75) is 25.9 Å². The smallest absolute Gasteiger partial charge is 0.319 e. The topological polar surface area (TPSA) is 83.4 Å². The average Bonchev–Trinajstić information content (AvgIpc) is 3.22. The summed E-state index contributed by atoms with van der Waals surface area (Å²) in [5.41, 5.74) is 1.46.